The Kier molecular flexibility index (Phi) is 4.35. The van der Waals surface area contributed by atoms with Gasteiger partial charge in [-0.05, 0) is 46.7 Å². The molecule has 0 aliphatic carbocycles. The van der Waals surface area contributed by atoms with Crippen LogP contribution >= 0.6 is 0 Å². The summed E-state index contributed by atoms with van der Waals surface area (Å²) in [5, 5.41) is 2.13. The van der Waals surface area contributed by atoms with Gasteiger partial charge in [-0.3, -0.25) is 0 Å². The fourth-order valence-corrected chi connectivity index (χ4v) is 2.87. The van der Waals surface area contributed by atoms with Crippen LogP contribution in [0.2, 0.25) is 0 Å². The van der Waals surface area contributed by atoms with Crippen molar-refractivity contribution in [2.24, 2.45) is 0 Å². The third-order valence-corrected chi connectivity index (χ3v) is 4.26. The van der Waals surface area contributed by atoms with Gasteiger partial charge in [0.25, 0.3) is 0 Å². The summed E-state index contributed by atoms with van der Waals surface area (Å²) in [6, 6.07) is 19.0. The molecule has 132 valence electrons. The summed E-state index contributed by atoms with van der Waals surface area (Å²) in [5.41, 5.74) is 0.910. The molecule has 1 heterocycles. The summed E-state index contributed by atoms with van der Waals surface area (Å²) < 4.78 is 21.9. The zero-order valence-electron chi connectivity index (χ0n) is 14.3. The lowest BCUT2D eigenvalue weighted by Crippen LogP contribution is -2.37. The first kappa shape index (κ1) is 16.3. The minimum atomic E-state index is -0.755. The molecule has 4 rings (SSSR count). The second-order valence-corrected chi connectivity index (χ2v) is 6.02. The van der Waals surface area contributed by atoms with Crippen LogP contribution in [0.1, 0.15) is 5.56 Å². The van der Waals surface area contributed by atoms with Crippen LogP contribution in [0.5, 0.6) is 17.2 Å². The molecule has 0 unspecified atom stereocenters. The number of methoxy groups -OCH3 is 1. The second kappa shape index (κ2) is 6.96. The summed E-state index contributed by atoms with van der Waals surface area (Å²) >= 11 is 0. The zero-order chi connectivity index (χ0) is 17.9. The van der Waals surface area contributed by atoms with Crippen molar-refractivity contribution < 1.29 is 23.7 Å². The molecule has 0 saturated carbocycles. The molecular weight excluding hydrogens is 332 g/mol. The van der Waals surface area contributed by atoms with Crippen molar-refractivity contribution in [1.82, 2.24) is 0 Å². The number of carbonyl (C=O) groups excluding carboxylic acids is 1. The quantitative estimate of drug-likeness (QED) is 0.671. The largest absolute Gasteiger partial charge is 0.497 e. The van der Waals surface area contributed by atoms with E-state index in [0.29, 0.717) is 11.5 Å². The van der Waals surface area contributed by atoms with E-state index in [-0.39, 0.29) is 13.2 Å². The predicted octanol–water partition coefficient (Wildman–Crippen LogP) is 3.73. The van der Waals surface area contributed by atoms with Gasteiger partial charge >= 0.3 is 5.97 Å². The van der Waals surface area contributed by atoms with Gasteiger partial charge in [0.05, 0.1) is 7.11 Å². The zero-order valence-corrected chi connectivity index (χ0v) is 14.3. The molecule has 26 heavy (non-hydrogen) atoms. The Morgan fingerprint density at radius 3 is 2.65 bits per heavy atom. The van der Waals surface area contributed by atoms with E-state index in [1.54, 1.807) is 19.2 Å². The number of rotatable bonds is 4. The van der Waals surface area contributed by atoms with E-state index < -0.39 is 12.1 Å². The first-order valence-electron chi connectivity index (χ1n) is 8.35. The van der Waals surface area contributed by atoms with Gasteiger partial charge in [-0.15, -0.1) is 0 Å². The summed E-state index contributed by atoms with van der Waals surface area (Å²) in [7, 11) is 1.64. The molecule has 0 amide bonds. The maximum atomic E-state index is 12.3. The average molecular weight is 350 g/mol. The van der Waals surface area contributed by atoms with Crippen molar-refractivity contribution in [1.29, 1.82) is 0 Å². The number of esters is 1. The Morgan fingerprint density at radius 2 is 1.81 bits per heavy atom. The molecule has 0 spiro atoms. The topological polar surface area (TPSA) is 54.0 Å². The van der Waals surface area contributed by atoms with Crippen molar-refractivity contribution in [2.75, 3.05) is 13.7 Å². The molecule has 3 aromatic rings. The van der Waals surface area contributed by atoms with Crippen LogP contribution in [0.15, 0.2) is 60.7 Å². The van der Waals surface area contributed by atoms with Crippen LogP contribution in [0.25, 0.3) is 10.8 Å². The van der Waals surface area contributed by atoms with Crippen molar-refractivity contribution >= 4 is 16.7 Å². The van der Waals surface area contributed by atoms with Crippen molar-refractivity contribution in [3.63, 3.8) is 0 Å². The van der Waals surface area contributed by atoms with Gasteiger partial charge in [-0.25, -0.2) is 4.79 Å². The van der Waals surface area contributed by atoms with Crippen LogP contribution in [-0.2, 0) is 16.1 Å². The number of para-hydroxylation sites is 2. The Hall–Kier alpha value is -3.21. The van der Waals surface area contributed by atoms with Crippen molar-refractivity contribution in [3.05, 3.63) is 66.2 Å². The van der Waals surface area contributed by atoms with E-state index in [4.69, 9.17) is 18.9 Å². The van der Waals surface area contributed by atoms with Crippen molar-refractivity contribution in [3.8, 4) is 17.2 Å². The van der Waals surface area contributed by atoms with Gasteiger partial charge in [0.2, 0.25) is 6.10 Å². The van der Waals surface area contributed by atoms with E-state index in [0.717, 1.165) is 22.1 Å². The van der Waals surface area contributed by atoms with Crippen molar-refractivity contribution in [2.45, 2.75) is 12.7 Å². The molecular formula is C21H18O5. The third-order valence-electron chi connectivity index (χ3n) is 4.26. The summed E-state index contributed by atoms with van der Waals surface area (Å²) in [6.45, 7) is 0.329. The molecule has 0 aromatic heterocycles. The highest BCUT2D eigenvalue weighted by Crippen LogP contribution is 2.31. The van der Waals surface area contributed by atoms with Crippen LogP contribution < -0.4 is 14.2 Å². The minimum absolute atomic E-state index is 0.146. The average Bonchev–Trinajstić information content (AvgIpc) is 2.71. The highest BCUT2D eigenvalue weighted by Gasteiger charge is 2.28. The fraction of sp³-hybridized carbons (Fsp3) is 0.190. The van der Waals surface area contributed by atoms with E-state index in [2.05, 4.69) is 0 Å². The minimum Gasteiger partial charge on any atom is -0.497 e. The standard InChI is InChI=1S/C21H18O5/c1-23-17-9-8-15-10-14(6-7-16(15)11-17)12-25-21(22)20-13-24-18-4-2-3-5-19(18)26-20/h2-11,20H,12-13H2,1H3/t20-/m1/s1. The highest BCUT2D eigenvalue weighted by atomic mass is 16.6. The van der Waals surface area contributed by atoms with E-state index in [1.807, 2.05) is 48.5 Å². The van der Waals surface area contributed by atoms with Gasteiger partial charge < -0.3 is 18.9 Å². The van der Waals surface area contributed by atoms with Gasteiger partial charge in [-0.2, -0.15) is 0 Å². The smallest absolute Gasteiger partial charge is 0.351 e. The molecule has 1 atom stereocenters. The monoisotopic (exact) mass is 350 g/mol. The number of hydrogen-bond acceptors (Lipinski definition) is 5. The van der Waals surface area contributed by atoms with Gasteiger partial charge in [0.1, 0.15) is 19.0 Å². The van der Waals surface area contributed by atoms with Crippen LogP contribution in [0.3, 0.4) is 0 Å². The summed E-state index contributed by atoms with van der Waals surface area (Å²) in [5.74, 6) is 1.57. The van der Waals surface area contributed by atoms with E-state index in [1.165, 1.54) is 0 Å². The first-order chi connectivity index (χ1) is 12.7. The number of benzene rings is 3. The molecule has 0 N–H and O–H groups in total. The highest BCUT2D eigenvalue weighted by molar-refractivity contribution is 5.84. The lowest BCUT2D eigenvalue weighted by atomic mass is 10.1. The molecule has 1 aliphatic heterocycles. The number of fused-ring (bicyclic) bond motifs is 2. The number of hydrogen-bond donors (Lipinski definition) is 0. The molecule has 0 saturated heterocycles. The van der Waals surface area contributed by atoms with Crippen LogP contribution in [0, 0.1) is 0 Å². The van der Waals surface area contributed by atoms with E-state index in [9.17, 15) is 4.79 Å². The lowest BCUT2D eigenvalue weighted by molar-refractivity contribution is -0.155. The van der Waals surface area contributed by atoms with E-state index >= 15 is 0 Å². The van der Waals surface area contributed by atoms with Crippen LogP contribution in [0.4, 0.5) is 0 Å². The molecule has 3 aromatic carbocycles. The molecule has 5 nitrogen and oxygen atoms in total. The van der Waals surface area contributed by atoms with Gasteiger partial charge in [0, 0.05) is 0 Å². The Balaban J connectivity index is 1.41. The predicted molar refractivity (Wildman–Crippen MR) is 96.6 cm³/mol. The molecule has 5 heteroatoms. The summed E-state index contributed by atoms with van der Waals surface area (Å²) in [6.07, 6.45) is -0.755. The van der Waals surface area contributed by atoms with Gasteiger partial charge in [-0.1, -0.05) is 30.3 Å². The third kappa shape index (κ3) is 3.28. The SMILES string of the molecule is COc1ccc2cc(COC(=O)[C@H]3COc4ccccc4O3)ccc2c1. The lowest BCUT2D eigenvalue weighted by Gasteiger charge is -2.24. The van der Waals surface area contributed by atoms with Gasteiger partial charge in [0.15, 0.2) is 11.5 Å². The molecule has 1 aliphatic rings. The Bertz CT molecular complexity index is 950. The Morgan fingerprint density at radius 1 is 1.04 bits per heavy atom. The molecule has 0 fully saturated rings. The molecule has 0 radical (unpaired) electrons. The molecule has 0 bridgehead atoms. The number of carbonyl (C=O) groups is 1. The second-order valence-electron chi connectivity index (χ2n) is 6.02. The maximum absolute atomic E-state index is 12.3. The Labute approximate surface area is 151 Å². The maximum Gasteiger partial charge on any atom is 0.351 e. The fourth-order valence-electron chi connectivity index (χ4n) is 2.87. The normalized spacial score (nSPS) is 15.5. The van der Waals surface area contributed by atoms with Crippen LogP contribution in [-0.4, -0.2) is 25.8 Å². The summed E-state index contributed by atoms with van der Waals surface area (Å²) in [4.78, 5) is 12.3. The number of ether oxygens (including phenoxy) is 4. The first-order valence-corrected chi connectivity index (χ1v) is 8.35.